The van der Waals surface area contributed by atoms with Crippen molar-refractivity contribution in [1.82, 2.24) is 9.97 Å². The molecule has 0 spiro atoms. The normalized spacial score (nSPS) is 17.8. The van der Waals surface area contributed by atoms with Crippen molar-refractivity contribution in [1.29, 1.82) is 0 Å². The third-order valence-corrected chi connectivity index (χ3v) is 5.45. The van der Waals surface area contributed by atoms with Crippen LogP contribution in [0.15, 0.2) is 30.6 Å². The van der Waals surface area contributed by atoms with Gasteiger partial charge in [0.1, 0.15) is 12.1 Å². The van der Waals surface area contributed by atoms with Crippen molar-refractivity contribution in [3.63, 3.8) is 0 Å². The van der Waals surface area contributed by atoms with Gasteiger partial charge >= 0.3 is 5.69 Å². The quantitative estimate of drug-likeness (QED) is 0.624. The summed E-state index contributed by atoms with van der Waals surface area (Å²) in [5, 5.41) is 15.0. The molecule has 0 amide bonds. The van der Waals surface area contributed by atoms with Crippen LogP contribution in [0, 0.1) is 15.9 Å². The number of hydrogen-bond acceptors (Lipinski definition) is 7. The van der Waals surface area contributed by atoms with E-state index in [0.29, 0.717) is 43.5 Å². The summed E-state index contributed by atoms with van der Waals surface area (Å²) in [5.74, 6) is 0.360. The Labute approximate surface area is 162 Å². The van der Waals surface area contributed by atoms with Gasteiger partial charge in [-0.15, -0.1) is 0 Å². The molecule has 1 N–H and O–H groups in total. The number of nitrogens with zero attached hydrogens (tertiary/aromatic N) is 5. The summed E-state index contributed by atoms with van der Waals surface area (Å²) in [5.41, 5.74) is 0.483. The highest BCUT2D eigenvalue weighted by Crippen LogP contribution is 2.34. The first-order chi connectivity index (χ1) is 13.6. The Morgan fingerprint density at radius 1 is 1.07 bits per heavy atom. The van der Waals surface area contributed by atoms with Gasteiger partial charge in [-0.3, -0.25) is 10.1 Å². The molecule has 9 heteroatoms. The average molecular weight is 386 g/mol. The van der Waals surface area contributed by atoms with Crippen molar-refractivity contribution in [2.24, 2.45) is 0 Å². The first kappa shape index (κ1) is 18.4. The minimum atomic E-state index is -0.407. The summed E-state index contributed by atoms with van der Waals surface area (Å²) in [6.45, 7) is 2.17. The van der Waals surface area contributed by atoms with E-state index in [1.165, 1.54) is 12.4 Å². The number of piperazine rings is 1. The molecule has 2 aliphatic rings. The third-order valence-electron chi connectivity index (χ3n) is 5.45. The predicted octanol–water partition coefficient (Wildman–Crippen LogP) is 3.21. The van der Waals surface area contributed by atoms with Gasteiger partial charge < -0.3 is 15.1 Å². The highest BCUT2D eigenvalue weighted by molar-refractivity contribution is 5.71. The Bertz CT molecular complexity index is 850. The number of benzene rings is 1. The van der Waals surface area contributed by atoms with Gasteiger partial charge in [0.2, 0.25) is 11.6 Å². The van der Waals surface area contributed by atoms with Crippen LogP contribution in [0.3, 0.4) is 0 Å². The van der Waals surface area contributed by atoms with Gasteiger partial charge in [-0.25, -0.2) is 14.4 Å². The summed E-state index contributed by atoms with van der Waals surface area (Å²) in [6, 6.07) is 6.89. The lowest BCUT2D eigenvalue weighted by Gasteiger charge is -2.36. The number of aromatic nitrogens is 2. The van der Waals surface area contributed by atoms with Gasteiger partial charge in [0.05, 0.1) is 10.6 Å². The molecule has 1 aromatic heterocycles. The maximum absolute atomic E-state index is 14.0. The van der Waals surface area contributed by atoms with Crippen molar-refractivity contribution >= 4 is 23.0 Å². The van der Waals surface area contributed by atoms with Crippen LogP contribution in [0.5, 0.6) is 0 Å². The Morgan fingerprint density at radius 3 is 2.43 bits per heavy atom. The highest BCUT2D eigenvalue weighted by Gasteiger charge is 2.31. The van der Waals surface area contributed by atoms with Crippen LogP contribution < -0.4 is 15.1 Å². The molecule has 0 atom stereocenters. The van der Waals surface area contributed by atoms with Crippen LogP contribution in [0.1, 0.15) is 25.7 Å². The number of nitrogens with one attached hydrogen (secondary N) is 1. The van der Waals surface area contributed by atoms with Crippen LogP contribution in [0.4, 0.5) is 27.4 Å². The number of anilines is 3. The fraction of sp³-hybridized carbons (Fsp3) is 0.474. The first-order valence-corrected chi connectivity index (χ1v) is 9.64. The molecule has 1 aliphatic heterocycles. The fourth-order valence-corrected chi connectivity index (χ4v) is 4.01. The standard InChI is InChI=1S/C19H23FN6O2/c20-15-7-3-4-8-16(15)24-9-11-25(12-10-24)19-17(26(27)28)18(21-13-22-19)23-14-5-1-2-6-14/h3-4,7-8,13-14H,1-2,5-6,9-12H2,(H,21,22,23). The van der Waals surface area contributed by atoms with E-state index in [2.05, 4.69) is 15.3 Å². The van der Waals surface area contributed by atoms with Crippen LogP contribution in [-0.2, 0) is 0 Å². The van der Waals surface area contributed by atoms with Crippen molar-refractivity contribution in [2.45, 2.75) is 31.7 Å². The number of rotatable bonds is 5. The molecule has 2 heterocycles. The monoisotopic (exact) mass is 386 g/mol. The lowest BCUT2D eigenvalue weighted by Crippen LogP contribution is -2.47. The second kappa shape index (κ2) is 7.95. The molecule has 4 rings (SSSR count). The molecule has 2 aromatic rings. The zero-order chi connectivity index (χ0) is 19.5. The number of para-hydroxylation sites is 1. The van der Waals surface area contributed by atoms with Crippen molar-refractivity contribution in [3.05, 3.63) is 46.5 Å². The summed E-state index contributed by atoms with van der Waals surface area (Å²) in [4.78, 5) is 23.6. The number of halogens is 1. The van der Waals surface area contributed by atoms with Gasteiger partial charge in [0, 0.05) is 32.2 Å². The Hall–Kier alpha value is -2.97. The van der Waals surface area contributed by atoms with Crippen molar-refractivity contribution in [3.8, 4) is 0 Å². The van der Waals surface area contributed by atoms with Gasteiger partial charge in [-0.1, -0.05) is 25.0 Å². The molecule has 1 aromatic carbocycles. The molecule has 0 bridgehead atoms. The first-order valence-electron chi connectivity index (χ1n) is 9.64. The van der Waals surface area contributed by atoms with Gasteiger partial charge in [0.25, 0.3) is 0 Å². The van der Waals surface area contributed by atoms with E-state index in [9.17, 15) is 14.5 Å². The summed E-state index contributed by atoms with van der Waals surface area (Å²) in [6.07, 6.45) is 5.63. The average Bonchev–Trinajstić information content (AvgIpc) is 3.21. The molecule has 1 saturated carbocycles. The summed E-state index contributed by atoms with van der Waals surface area (Å²) < 4.78 is 14.0. The topological polar surface area (TPSA) is 87.4 Å². The predicted molar refractivity (Wildman–Crippen MR) is 105 cm³/mol. The Balaban J connectivity index is 1.53. The van der Waals surface area contributed by atoms with E-state index < -0.39 is 4.92 Å². The largest absolute Gasteiger partial charge is 0.366 e. The van der Waals surface area contributed by atoms with Gasteiger partial charge in [0.15, 0.2) is 0 Å². The van der Waals surface area contributed by atoms with Crippen molar-refractivity contribution < 1.29 is 9.31 Å². The number of nitro groups is 1. The summed E-state index contributed by atoms with van der Waals surface area (Å²) in [7, 11) is 0. The maximum Gasteiger partial charge on any atom is 0.353 e. The minimum Gasteiger partial charge on any atom is -0.366 e. The van der Waals surface area contributed by atoms with Crippen LogP contribution in [0.25, 0.3) is 0 Å². The van der Waals surface area contributed by atoms with E-state index in [1.807, 2.05) is 9.80 Å². The molecule has 1 aliphatic carbocycles. The van der Waals surface area contributed by atoms with E-state index in [0.717, 1.165) is 25.7 Å². The van der Waals surface area contributed by atoms with Crippen LogP contribution in [0.2, 0.25) is 0 Å². The van der Waals surface area contributed by atoms with E-state index in [1.54, 1.807) is 18.2 Å². The second-order valence-electron chi connectivity index (χ2n) is 7.20. The van der Waals surface area contributed by atoms with Crippen molar-refractivity contribution in [2.75, 3.05) is 41.3 Å². The second-order valence-corrected chi connectivity index (χ2v) is 7.20. The zero-order valence-electron chi connectivity index (χ0n) is 15.6. The molecular weight excluding hydrogens is 363 g/mol. The molecular formula is C19H23FN6O2. The zero-order valence-corrected chi connectivity index (χ0v) is 15.6. The lowest BCUT2D eigenvalue weighted by atomic mass is 10.2. The van der Waals surface area contributed by atoms with E-state index in [4.69, 9.17) is 0 Å². The van der Waals surface area contributed by atoms with Crippen LogP contribution >= 0.6 is 0 Å². The molecule has 148 valence electrons. The maximum atomic E-state index is 14.0. The van der Waals surface area contributed by atoms with E-state index >= 15 is 0 Å². The fourth-order valence-electron chi connectivity index (χ4n) is 4.01. The Kier molecular flexibility index (Phi) is 5.23. The molecule has 2 fully saturated rings. The molecule has 1 saturated heterocycles. The molecule has 8 nitrogen and oxygen atoms in total. The smallest absolute Gasteiger partial charge is 0.353 e. The van der Waals surface area contributed by atoms with E-state index in [-0.39, 0.29) is 17.5 Å². The summed E-state index contributed by atoms with van der Waals surface area (Å²) >= 11 is 0. The minimum absolute atomic E-state index is 0.0752. The molecule has 0 unspecified atom stereocenters. The SMILES string of the molecule is O=[N+]([O-])c1c(NC2CCCC2)ncnc1N1CCN(c2ccccc2F)CC1. The molecule has 0 radical (unpaired) electrons. The number of hydrogen-bond donors (Lipinski definition) is 1. The lowest BCUT2D eigenvalue weighted by molar-refractivity contribution is -0.383. The Morgan fingerprint density at radius 2 is 1.75 bits per heavy atom. The van der Waals surface area contributed by atoms with Gasteiger partial charge in [-0.05, 0) is 25.0 Å². The molecule has 28 heavy (non-hydrogen) atoms. The highest BCUT2D eigenvalue weighted by atomic mass is 19.1. The third kappa shape index (κ3) is 3.69. The van der Waals surface area contributed by atoms with Crippen LogP contribution in [-0.4, -0.2) is 47.1 Å². The van der Waals surface area contributed by atoms with Gasteiger partial charge in [-0.2, -0.15) is 0 Å².